The van der Waals surface area contributed by atoms with E-state index in [1.807, 2.05) is 66.0 Å². The van der Waals surface area contributed by atoms with Crippen LogP contribution in [0.4, 0.5) is 0 Å². The number of halogens is 2. The summed E-state index contributed by atoms with van der Waals surface area (Å²) in [5.41, 5.74) is 7.83. The summed E-state index contributed by atoms with van der Waals surface area (Å²) in [6.45, 7) is 2.01. The van der Waals surface area contributed by atoms with Crippen molar-refractivity contribution in [3.63, 3.8) is 0 Å². The molecule has 2 heterocycles. The van der Waals surface area contributed by atoms with E-state index in [-0.39, 0.29) is 0 Å². The van der Waals surface area contributed by atoms with Gasteiger partial charge in [-0.25, -0.2) is 9.50 Å². The first kappa shape index (κ1) is 19.0. The van der Waals surface area contributed by atoms with Crippen molar-refractivity contribution in [2.75, 3.05) is 0 Å². The summed E-state index contributed by atoms with van der Waals surface area (Å²) < 4.78 is 2.95. The van der Waals surface area contributed by atoms with Crippen LogP contribution in [0.25, 0.3) is 39.3 Å². The molecule has 0 spiro atoms. The quantitative estimate of drug-likeness (QED) is 0.272. The van der Waals surface area contributed by atoms with Gasteiger partial charge in [-0.3, -0.25) is 0 Å². The number of hydrogen-bond donors (Lipinski definition) is 0. The molecule has 0 fully saturated rings. The van der Waals surface area contributed by atoms with Gasteiger partial charge in [-0.2, -0.15) is 5.10 Å². The van der Waals surface area contributed by atoms with Crippen molar-refractivity contribution in [2.45, 2.75) is 6.92 Å². The first-order valence-electron chi connectivity index (χ1n) is 9.58. The molecule has 0 unspecified atom stereocenters. The van der Waals surface area contributed by atoms with Crippen molar-refractivity contribution in [3.05, 3.63) is 100 Å². The number of nitrogens with zero attached hydrogens (tertiary/aromatic N) is 3. The summed E-state index contributed by atoms with van der Waals surface area (Å²) >= 11 is 9.70. The lowest BCUT2D eigenvalue weighted by molar-refractivity contribution is 0.942. The van der Waals surface area contributed by atoms with Gasteiger partial charge in [0.2, 0.25) is 0 Å². The molecular formula is C25H17BrClN3. The third-order valence-electron chi connectivity index (χ3n) is 5.02. The van der Waals surface area contributed by atoms with Gasteiger partial charge in [0.1, 0.15) is 5.69 Å². The SMILES string of the molecule is Cc1cc(-c2ccc(Cl)cc2)n2nc(-c3cccc(Br)c3)c(-c3ccccc3)c2n1. The van der Waals surface area contributed by atoms with Crippen LogP contribution in [-0.2, 0) is 0 Å². The molecule has 0 atom stereocenters. The summed E-state index contributed by atoms with van der Waals surface area (Å²) in [6, 6.07) is 28.4. The molecule has 0 radical (unpaired) electrons. The Bertz CT molecular complexity index is 1360. The van der Waals surface area contributed by atoms with E-state index in [0.717, 1.165) is 49.5 Å². The normalized spacial score (nSPS) is 11.2. The van der Waals surface area contributed by atoms with Gasteiger partial charge >= 0.3 is 0 Å². The second-order valence-electron chi connectivity index (χ2n) is 7.13. The van der Waals surface area contributed by atoms with Crippen LogP contribution in [0, 0.1) is 6.92 Å². The van der Waals surface area contributed by atoms with Crippen molar-refractivity contribution in [2.24, 2.45) is 0 Å². The summed E-state index contributed by atoms with van der Waals surface area (Å²) in [5.74, 6) is 0. The predicted octanol–water partition coefficient (Wildman–Crippen LogP) is 7.45. The lowest BCUT2D eigenvalue weighted by Crippen LogP contribution is -1.98. The van der Waals surface area contributed by atoms with Gasteiger partial charge in [-0.15, -0.1) is 0 Å². The Morgan fingerprint density at radius 1 is 0.800 bits per heavy atom. The Labute approximate surface area is 188 Å². The highest BCUT2D eigenvalue weighted by molar-refractivity contribution is 9.10. The van der Waals surface area contributed by atoms with Crippen LogP contribution in [0.3, 0.4) is 0 Å². The second kappa shape index (κ2) is 7.71. The average Bonchev–Trinajstić information content (AvgIpc) is 3.14. The molecule has 30 heavy (non-hydrogen) atoms. The molecule has 0 amide bonds. The Morgan fingerprint density at radius 3 is 2.27 bits per heavy atom. The molecule has 0 aliphatic rings. The zero-order valence-corrected chi connectivity index (χ0v) is 18.5. The fourth-order valence-electron chi connectivity index (χ4n) is 3.67. The van der Waals surface area contributed by atoms with Crippen molar-refractivity contribution >= 4 is 33.2 Å². The molecule has 0 bridgehead atoms. The highest BCUT2D eigenvalue weighted by atomic mass is 79.9. The lowest BCUT2D eigenvalue weighted by Gasteiger charge is -2.07. The molecule has 3 nitrogen and oxygen atoms in total. The largest absolute Gasteiger partial charge is 0.233 e. The van der Waals surface area contributed by atoms with Gasteiger partial charge in [0.05, 0.1) is 11.3 Å². The molecule has 0 saturated heterocycles. The van der Waals surface area contributed by atoms with E-state index in [0.29, 0.717) is 5.02 Å². The van der Waals surface area contributed by atoms with Crippen LogP contribution >= 0.6 is 27.5 Å². The lowest BCUT2D eigenvalue weighted by atomic mass is 10.0. The fourth-order valence-corrected chi connectivity index (χ4v) is 4.20. The maximum atomic E-state index is 6.11. The Morgan fingerprint density at radius 2 is 1.53 bits per heavy atom. The third-order valence-corrected chi connectivity index (χ3v) is 5.76. The van der Waals surface area contributed by atoms with E-state index < -0.39 is 0 Å². The summed E-state index contributed by atoms with van der Waals surface area (Å²) in [7, 11) is 0. The number of aromatic nitrogens is 3. The van der Waals surface area contributed by atoms with Crippen molar-refractivity contribution in [1.29, 1.82) is 0 Å². The molecule has 5 rings (SSSR count). The second-order valence-corrected chi connectivity index (χ2v) is 8.48. The zero-order valence-electron chi connectivity index (χ0n) is 16.2. The van der Waals surface area contributed by atoms with Crippen LogP contribution in [0.1, 0.15) is 5.69 Å². The first-order chi connectivity index (χ1) is 14.6. The van der Waals surface area contributed by atoms with Gasteiger partial charge in [0.25, 0.3) is 0 Å². The number of hydrogen-bond acceptors (Lipinski definition) is 2. The average molecular weight is 475 g/mol. The fraction of sp³-hybridized carbons (Fsp3) is 0.0400. The van der Waals surface area contributed by atoms with E-state index in [1.165, 1.54) is 0 Å². The molecule has 146 valence electrons. The van der Waals surface area contributed by atoms with E-state index in [1.54, 1.807) is 0 Å². The van der Waals surface area contributed by atoms with Crippen molar-refractivity contribution < 1.29 is 0 Å². The molecule has 5 heteroatoms. The topological polar surface area (TPSA) is 30.2 Å². The van der Waals surface area contributed by atoms with E-state index in [4.69, 9.17) is 21.7 Å². The Kier molecular flexibility index (Phi) is 4.89. The predicted molar refractivity (Wildman–Crippen MR) is 127 cm³/mol. The minimum absolute atomic E-state index is 0.709. The van der Waals surface area contributed by atoms with Crippen LogP contribution in [0.15, 0.2) is 89.4 Å². The van der Waals surface area contributed by atoms with Gasteiger partial charge < -0.3 is 0 Å². The minimum atomic E-state index is 0.709. The maximum Gasteiger partial charge on any atom is 0.164 e. The summed E-state index contributed by atoms with van der Waals surface area (Å²) in [4.78, 5) is 4.89. The van der Waals surface area contributed by atoms with E-state index >= 15 is 0 Å². The Hall–Kier alpha value is -2.95. The minimum Gasteiger partial charge on any atom is -0.233 e. The van der Waals surface area contributed by atoms with Crippen LogP contribution < -0.4 is 0 Å². The number of aryl methyl sites for hydroxylation is 1. The molecule has 0 saturated carbocycles. The molecular weight excluding hydrogens is 458 g/mol. The number of benzene rings is 3. The Balaban J connectivity index is 1.87. The summed E-state index contributed by atoms with van der Waals surface area (Å²) in [5, 5.41) is 5.75. The van der Waals surface area contributed by atoms with Gasteiger partial charge in [-0.1, -0.05) is 82.1 Å². The molecule has 0 N–H and O–H groups in total. The zero-order chi connectivity index (χ0) is 20.7. The highest BCUT2D eigenvalue weighted by Crippen LogP contribution is 2.37. The van der Waals surface area contributed by atoms with Crippen LogP contribution in [0.2, 0.25) is 5.02 Å². The smallest absolute Gasteiger partial charge is 0.164 e. The van der Waals surface area contributed by atoms with E-state index in [2.05, 4.69) is 46.3 Å². The number of fused-ring (bicyclic) bond motifs is 1. The molecule has 0 aliphatic heterocycles. The maximum absolute atomic E-state index is 6.11. The molecule has 5 aromatic rings. The van der Waals surface area contributed by atoms with Crippen LogP contribution in [0.5, 0.6) is 0 Å². The van der Waals surface area contributed by atoms with Crippen molar-refractivity contribution in [1.82, 2.24) is 14.6 Å². The van der Waals surface area contributed by atoms with Gasteiger partial charge in [0.15, 0.2) is 5.65 Å². The number of rotatable bonds is 3. The molecule has 0 aliphatic carbocycles. The van der Waals surface area contributed by atoms with Crippen molar-refractivity contribution in [3.8, 4) is 33.6 Å². The monoisotopic (exact) mass is 473 g/mol. The first-order valence-corrected chi connectivity index (χ1v) is 10.7. The van der Waals surface area contributed by atoms with Gasteiger partial charge in [0, 0.05) is 26.3 Å². The van der Waals surface area contributed by atoms with E-state index in [9.17, 15) is 0 Å². The molecule has 3 aromatic carbocycles. The van der Waals surface area contributed by atoms with Crippen LogP contribution in [-0.4, -0.2) is 14.6 Å². The standard InChI is InChI=1S/C25H17BrClN3/c1-16-14-22(17-10-12-21(27)13-11-17)30-25(28-16)23(18-6-3-2-4-7-18)24(29-30)19-8-5-9-20(26)15-19/h2-15H,1H3. The third kappa shape index (κ3) is 3.42. The highest BCUT2D eigenvalue weighted by Gasteiger charge is 2.20. The molecule has 2 aromatic heterocycles. The summed E-state index contributed by atoms with van der Waals surface area (Å²) in [6.07, 6.45) is 0. The van der Waals surface area contributed by atoms with Gasteiger partial charge in [-0.05, 0) is 42.8 Å².